The quantitative estimate of drug-likeness (QED) is 0.758. The number of hydrogen-bond donors (Lipinski definition) is 2. The molecule has 0 bridgehead atoms. The van der Waals surface area contributed by atoms with Crippen molar-refractivity contribution in [2.24, 2.45) is 0 Å². The number of carbonyl (C=O) groups is 1. The SMILES string of the molecule is C=CCNC(=O)[C@H](C)Nc1ccc(C(C)C)cc1. The van der Waals surface area contributed by atoms with Crippen LogP contribution < -0.4 is 10.6 Å². The van der Waals surface area contributed by atoms with E-state index in [4.69, 9.17) is 0 Å². The Hall–Kier alpha value is -1.77. The maximum Gasteiger partial charge on any atom is 0.242 e. The fourth-order valence-electron chi connectivity index (χ4n) is 1.61. The summed E-state index contributed by atoms with van der Waals surface area (Å²) in [6.45, 7) is 10.2. The van der Waals surface area contributed by atoms with Crippen molar-refractivity contribution in [1.29, 1.82) is 0 Å². The third kappa shape index (κ3) is 4.24. The second-order valence-electron chi connectivity index (χ2n) is 4.68. The molecule has 1 aromatic carbocycles. The van der Waals surface area contributed by atoms with E-state index in [1.165, 1.54) is 5.56 Å². The molecule has 1 amide bonds. The van der Waals surface area contributed by atoms with Gasteiger partial charge in [-0.15, -0.1) is 6.58 Å². The molecule has 0 unspecified atom stereocenters. The molecule has 0 aromatic heterocycles. The lowest BCUT2D eigenvalue weighted by atomic mass is 10.0. The third-order valence-corrected chi connectivity index (χ3v) is 2.77. The van der Waals surface area contributed by atoms with Crippen molar-refractivity contribution in [1.82, 2.24) is 5.32 Å². The van der Waals surface area contributed by atoms with Crippen molar-refractivity contribution in [3.05, 3.63) is 42.5 Å². The van der Waals surface area contributed by atoms with Crippen LogP contribution in [0.25, 0.3) is 0 Å². The van der Waals surface area contributed by atoms with Crippen LogP contribution in [0, 0.1) is 0 Å². The van der Waals surface area contributed by atoms with E-state index in [1.807, 2.05) is 19.1 Å². The van der Waals surface area contributed by atoms with E-state index in [0.717, 1.165) is 5.69 Å². The molecule has 0 spiro atoms. The average Bonchev–Trinajstić information content (AvgIpc) is 2.36. The molecule has 3 nitrogen and oxygen atoms in total. The number of benzene rings is 1. The third-order valence-electron chi connectivity index (χ3n) is 2.77. The van der Waals surface area contributed by atoms with Gasteiger partial charge in [-0.25, -0.2) is 0 Å². The van der Waals surface area contributed by atoms with Crippen LogP contribution in [0.1, 0.15) is 32.3 Å². The van der Waals surface area contributed by atoms with Crippen molar-refractivity contribution in [2.75, 3.05) is 11.9 Å². The molecule has 1 atom stereocenters. The lowest BCUT2D eigenvalue weighted by Crippen LogP contribution is -2.37. The zero-order valence-electron chi connectivity index (χ0n) is 11.4. The predicted octanol–water partition coefficient (Wildman–Crippen LogP) is 2.91. The van der Waals surface area contributed by atoms with Gasteiger partial charge in [-0.1, -0.05) is 32.1 Å². The van der Waals surface area contributed by atoms with Crippen LogP contribution in [0.4, 0.5) is 5.69 Å². The van der Waals surface area contributed by atoms with Gasteiger partial charge in [0.25, 0.3) is 0 Å². The molecular weight excluding hydrogens is 224 g/mol. The Balaban J connectivity index is 2.56. The average molecular weight is 246 g/mol. The molecule has 18 heavy (non-hydrogen) atoms. The van der Waals surface area contributed by atoms with E-state index >= 15 is 0 Å². The lowest BCUT2D eigenvalue weighted by Gasteiger charge is -2.15. The Morgan fingerprint density at radius 1 is 1.28 bits per heavy atom. The van der Waals surface area contributed by atoms with Gasteiger partial charge in [0.1, 0.15) is 6.04 Å². The van der Waals surface area contributed by atoms with E-state index in [9.17, 15) is 4.79 Å². The summed E-state index contributed by atoms with van der Waals surface area (Å²) in [5.74, 6) is 0.496. The molecular formula is C15H22N2O. The highest BCUT2D eigenvalue weighted by Gasteiger charge is 2.11. The fourth-order valence-corrected chi connectivity index (χ4v) is 1.61. The number of hydrogen-bond acceptors (Lipinski definition) is 2. The Bertz CT molecular complexity index is 395. The van der Waals surface area contributed by atoms with E-state index in [2.05, 4.69) is 43.2 Å². The Morgan fingerprint density at radius 3 is 2.39 bits per heavy atom. The first-order valence-corrected chi connectivity index (χ1v) is 6.29. The topological polar surface area (TPSA) is 41.1 Å². The van der Waals surface area contributed by atoms with Gasteiger partial charge in [-0.05, 0) is 30.5 Å². The largest absolute Gasteiger partial charge is 0.374 e. The smallest absolute Gasteiger partial charge is 0.242 e. The van der Waals surface area contributed by atoms with E-state index < -0.39 is 0 Å². The Kier molecular flexibility index (Phi) is 5.43. The maximum atomic E-state index is 11.7. The van der Waals surface area contributed by atoms with Crippen molar-refractivity contribution < 1.29 is 4.79 Å². The predicted molar refractivity (Wildman–Crippen MR) is 76.8 cm³/mol. The number of amides is 1. The number of nitrogens with one attached hydrogen (secondary N) is 2. The molecule has 0 saturated heterocycles. The van der Waals surface area contributed by atoms with Crippen molar-refractivity contribution in [3.63, 3.8) is 0 Å². The summed E-state index contributed by atoms with van der Waals surface area (Å²) < 4.78 is 0. The first-order valence-electron chi connectivity index (χ1n) is 6.29. The number of anilines is 1. The van der Waals surface area contributed by atoms with Gasteiger partial charge in [0.15, 0.2) is 0 Å². The zero-order valence-corrected chi connectivity index (χ0v) is 11.4. The van der Waals surface area contributed by atoms with Crippen molar-refractivity contribution in [2.45, 2.75) is 32.7 Å². The molecule has 0 saturated carbocycles. The van der Waals surface area contributed by atoms with Crippen LogP contribution in [0.5, 0.6) is 0 Å². The lowest BCUT2D eigenvalue weighted by molar-refractivity contribution is -0.121. The minimum atomic E-state index is -0.255. The van der Waals surface area contributed by atoms with Crippen molar-refractivity contribution >= 4 is 11.6 Å². The molecule has 0 fully saturated rings. The highest BCUT2D eigenvalue weighted by Crippen LogP contribution is 2.17. The van der Waals surface area contributed by atoms with Gasteiger partial charge >= 0.3 is 0 Å². The van der Waals surface area contributed by atoms with Gasteiger partial charge in [0.2, 0.25) is 5.91 Å². The minimum Gasteiger partial charge on any atom is -0.374 e. The highest BCUT2D eigenvalue weighted by atomic mass is 16.2. The summed E-state index contributed by atoms with van der Waals surface area (Å²) in [5, 5.41) is 5.93. The molecule has 0 aliphatic carbocycles. The number of carbonyl (C=O) groups excluding carboxylic acids is 1. The molecule has 0 radical (unpaired) electrons. The summed E-state index contributed by atoms with van der Waals surface area (Å²) in [4.78, 5) is 11.7. The van der Waals surface area contributed by atoms with Crippen LogP contribution in [0.2, 0.25) is 0 Å². The summed E-state index contributed by atoms with van der Waals surface area (Å²) in [5.41, 5.74) is 2.25. The Labute approximate surface area is 109 Å². The van der Waals surface area contributed by atoms with E-state index in [0.29, 0.717) is 12.5 Å². The molecule has 2 N–H and O–H groups in total. The van der Waals surface area contributed by atoms with Gasteiger partial charge in [0, 0.05) is 12.2 Å². The van der Waals surface area contributed by atoms with Crippen molar-refractivity contribution in [3.8, 4) is 0 Å². The standard InChI is InChI=1S/C15H22N2O/c1-5-10-16-15(18)12(4)17-14-8-6-13(7-9-14)11(2)3/h5-9,11-12,17H,1,10H2,2-4H3,(H,16,18)/t12-/m0/s1. The minimum absolute atomic E-state index is 0.0252. The summed E-state index contributed by atoms with van der Waals surface area (Å²) in [6.07, 6.45) is 1.67. The molecule has 0 aliphatic heterocycles. The second kappa shape index (κ2) is 6.84. The normalized spacial score (nSPS) is 12.0. The molecule has 98 valence electrons. The molecule has 1 aromatic rings. The van der Waals surface area contributed by atoms with Crippen LogP contribution in [-0.2, 0) is 4.79 Å². The van der Waals surface area contributed by atoms with Gasteiger partial charge in [-0.3, -0.25) is 4.79 Å². The first-order chi connectivity index (χ1) is 8.54. The molecule has 0 aliphatic rings. The van der Waals surface area contributed by atoms with E-state index in [1.54, 1.807) is 6.08 Å². The summed E-state index contributed by atoms with van der Waals surface area (Å²) in [7, 11) is 0. The fraction of sp³-hybridized carbons (Fsp3) is 0.400. The zero-order chi connectivity index (χ0) is 13.5. The van der Waals surface area contributed by atoms with Crippen LogP contribution in [-0.4, -0.2) is 18.5 Å². The number of rotatable bonds is 6. The summed E-state index contributed by atoms with van der Waals surface area (Å²) in [6, 6.07) is 7.93. The van der Waals surface area contributed by atoms with Crippen LogP contribution in [0.3, 0.4) is 0 Å². The molecule has 3 heteroatoms. The van der Waals surface area contributed by atoms with Gasteiger partial charge in [0.05, 0.1) is 0 Å². The molecule has 1 rings (SSSR count). The Morgan fingerprint density at radius 2 is 1.89 bits per heavy atom. The van der Waals surface area contributed by atoms with Crippen LogP contribution in [0.15, 0.2) is 36.9 Å². The highest BCUT2D eigenvalue weighted by molar-refractivity contribution is 5.84. The maximum absolute atomic E-state index is 11.7. The monoisotopic (exact) mass is 246 g/mol. The van der Waals surface area contributed by atoms with Gasteiger partial charge < -0.3 is 10.6 Å². The van der Waals surface area contributed by atoms with Crippen LogP contribution >= 0.6 is 0 Å². The summed E-state index contributed by atoms with van der Waals surface area (Å²) >= 11 is 0. The molecule has 0 heterocycles. The first kappa shape index (κ1) is 14.3. The van der Waals surface area contributed by atoms with E-state index in [-0.39, 0.29) is 11.9 Å². The second-order valence-corrected chi connectivity index (χ2v) is 4.68. The van der Waals surface area contributed by atoms with Gasteiger partial charge in [-0.2, -0.15) is 0 Å².